The fourth-order valence-corrected chi connectivity index (χ4v) is 2.78. The van der Waals surface area contributed by atoms with Gasteiger partial charge in [-0.3, -0.25) is 10.1 Å². The van der Waals surface area contributed by atoms with E-state index < -0.39 is 16.4 Å². The first-order chi connectivity index (χ1) is 9.96. The normalized spacial score (nSPS) is 21.0. The Balaban J connectivity index is 2.49. The topological polar surface area (TPSA) is 120 Å². The summed E-state index contributed by atoms with van der Waals surface area (Å²) in [5.74, 6) is -0.653. The molecule has 8 heteroatoms. The number of hydrogen-bond acceptors (Lipinski definition) is 6. The highest BCUT2D eigenvalue weighted by atomic mass is 16.6. The second-order valence-corrected chi connectivity index (χ2v) is 4.85. The first kappa shape index (κ1) is 14.7. The molecule has 0 spiro atoms. The van der Waals surface area contributed by atoms with E-state index in [0.717, 1.165) is 0 Å². The van der Waals surface area contributed by atoms with E-state index in [9.17, 15) is 20.0 Å². The molecule has 1 unspecified atom stereocenters. The average Bonchev–Trinajstić information content (AvgIpc) is 2.91. The molecule has 1 N–H and O–H groups in total. The zero-order chi connectivity index (χ0) is 15.6. The minimum Gasteiger partial charge on any atom is -0.479 e. The van der Waals surface area contributed by atoms with Crippen molar-refractivity contribution in [3.05, 3.63) is 27.9 Å². The smallest absolute Gasteiger partial charge is 0.329 e. The number of hydrogen-bond donors (Lipinski definition) is 1. The van der Waals surface area contributed by atoms with E-state index in [2.05, 4.69) is 4.98 Å². The number of carboxylic acids is 1. The lowest BCUT2D eigenvalue weighted by molar-refractivity contribution is -0.385. The number of aliphatic carboxylic acids is 1. The number of rotatable bonds is 4. The fourth-order valence-electron chi connectivity index (χ4n) is 2.78. The van der Waals surface area contributed by atoms with Gasteiger partial charge in [-0.25, -0.2) is 9.78 Å². The Morgan fingerprint density at radius 3 is 2.90 bits per heavy atom. The van der Waals surface area contributed by atoms with Crippen LogP contribution >= 0.6 is 0 Å². The van der Waals surface area contributed by atoms with Crippen LogP contribution in [0.4, 0.5) is 11.5 Å². The van der Waals surface area contributed by atoms with Crippen LogP contribution in [0.3, 0.4) is 0 Å². The van der Waals surface area contributed by atoms with Crippen LogP contribution in [-0.2, 0) is 4.79 Å². The molecule has 0 aliphatic carbocycles. The van der Waals surface area contributed by atoms with E-state index in [1.807, 2.05) is 0 Å². The van der Waals surface area contributed by atoms with E-state index in [1.54, 1.807) is 17.9 Å². The SMILES string of the molecule is CCC1(C(=O)O)CCCN1c1ccc([N+](=O)[O-])c(C#N)n1. The molecule has 0 saturated carbocycles. The molecular weight excluding hydrogens is 276 g/mol. The molecule has 1 aliphatic heterocycles. The summed E-state index contributed by atoms with van der Waals surface area (Å²) >= 11 is 0. The van der Waals surface area contributed by atoms with E-state index in [4.69, 9.17) is 5.26 Å². The van der Waals surface area contributed by atoms with Crippen molar-refractivity contribution in [3.63, 3.8) is 0 Å². The summed E-state index contributed by atoms with van der Waals surface area (Å²) in [4.78, 5) is 27.4. The van der Waals surface area contributed by atoms with Crippen LogP contribution in [0, 0.1) is 21.4 Å². The van der Waals surface area contributed by atoms with Gasteiger partial charge in [0.05, 0.1) is 4.92 Å². The molecule has 8 nitrogen and oxygen atoms in total. The first-order valence-corrected chi connectivity index (χ1v) is 6.53. The Morgan fingerprint density at radius 2 is 2.38 bits per heavy atom. The number of aromatic nitrogens is 1. The largest absolute Gasteiger partial charge is 0.479 e. The summed E-state index contributed by atoms with van der Waals surface area (Å²) < 4.78 is 0. The van der Waals surface area contributed by atoms with Crippen molar-refractivity contribution in [2.75, 3.05) is 11.4 Å². The molecule has 1 aromatic rings. The van der Waals surface area contributed by atoms with Crippen molar-refractivity contribution in [1.82, 2.24) is 4.98 Å². The van der Waals surface area contributed by atoms with Gasteiger partial charge in [-0.05, 0) is 25.3 Å². The van der Waals surface area contributed by atoms with E-state index in [0.29, 0.717) is 31.6 Å². The zero-order valence-electron chi connectivity index (χ0n) is 11.4. The third kappa shape index (κ3) is 2.27. The first-order valence-electron chi connectivity index (χ1n) is 6.53. The maximum Gasteiger partial charge on any atom is 0.329 e. The minimum atomic E-state index is -1.06. The standard InChI is InChI=1S/C13H14N4O4/c1-2-13(12(18)19)6-3-7-16(13)11-5-4-10(17(20)21)9(8-14)15-11/h4-5H,2-3,6-7H2,1H3,(H,18,19). The highest BCUT2D eigenvalue weighted by molar-refractivity contribution is 5.84. The van der Waals surface area contributed by atoms with Crippen molar-refractivity contribution >= 4 is 17.5 Å². The van der Waals surface area contributed by atoms with Gasteiger partial charge in [0.15, 0.2) is 0 Å². The van der Waals surface area contributed by atoms with Crippen LogP contribution < -0.4 is 4.90 Å². The number of anilines is 1. The summed E-state index contributed by atoms with van der Waals surface area (Å²) in [6.45, 7) is 2.28. The number of nitriles is 1. The predicted molar refractivity (Wildman–Crippen MR) is 72.8 cm³/mol. The number of nitrogens with zero attached hydrogens (tertiary/aromatic N) is 4. The van der Waals surface area contributed by atoms with Gasteiger partial charge in [-0.1, -0.05) is 6.92 Å². The molecule has 0 bridgehead atoms. The van der Waals surface area contributed by atoms with Crippen molar-refractivity contribution < 1.29 is 14.8 Å². The Hall–Kier alpha value is -2.69. The van der Waals surface area contributed by atoms with Crippen LogP contribution in [0.25, 0.3) is 0 Å². The van der Waals surface area contributed by atoms with E-state index in [1.165, 1.54) is 12.1 Å². The minimum absolute atomic E-state index is 0.291. The zero-order valence-corrected chi connectivity index (χ0v) is 11.4. The Kier molecular flexibility index (Phi) is 3.76. The second-order valence-electron chi connectivity index (χ2n) is 4.85. The lowest BCUT2D eigenvalue weighted by atomic mass is 9.93. The number of carbonyl (C=O) groups is 1. The van der Waals surface area contributed by atoms with Gasteiger partial charge in [0.2, 0.25) is 5.69 Å². The molecule has 1 aromatic heterocycles. The summed E-state index contributed by atoms with van der Waals surface area (Å²) in [5.41, 5.74) is -1.74. The van der Waals surface area contributed by atoms with Gasteiger partial charge in [0.1, 0.15) is 17.4 Å². The molecule has 1 fully saturated rings. The average molecular weight is 290 g/mol. The van der Waals surface area contributed by atoms with Crippen LogP contribution in [-0.4, -0.2) is 33.1 Å². The molecule has 1 saturated heterocycles. The lowest BCUT2D eigenvalue weighted by Gasteiger charge is -2.34. The molecular formula is C13H14N4O4. The van der Waals surface area contributed by atoms with Crippen molar-refractivity contribution in [1.29, 1.82) is 5.26 Å². The van der Waals surface area contributed by atoms with Crippen LogP contribution in [0.5, 0.6) is 0 Å². The quantitative estimate of drug-likeness (QED) is 0.661. The highest BCUT2D eigenvalue weighted by Crippen LogP contribution is 2.36. The Bertz CT molecular complexity index is 640. The van der Waals surface area contributed by atoms with Gasteiger partial charge < -0.3 is 10.0 Å². The molecule has 2 heterocycles. The fraction of sp³-hybridized carbons (Fsp3) is 0.462. The van der Waals surface area contributed by atoms with Crippen molar-refractivity contribution in [2.45, 2.75) is 31.7 Å². The monoisotopic (exact) mass is 290 g/mol. The van der Waals surface area contributed by atoms with Crippen LogP contribution in [0.1, 0.15) is 31.9 Å². The Morgan fingerprint density at radius 1 is 1.67 bits per heavy atom. The molecule has 0 amide bonds. The molecule has 1 atom stereocenters. The summed E-state index contributed by atoms with van der Waals surface area (Å²) in [6, 6.07) is 4.28. The van der Waals surface area contributed by atoms with Gasteiger partial charge in [-0.2, -0.15) is 5.26 Å². The van der Waals surface area contributed by atoms with E-state index in [-0.39, 0.29) is 11.4 Å². The molecule has 110 valence electrons. The molecule has 21 heavy (non-hydrogen) atoms. The lowest BCUT2D eigenvalue weighted by Crippen LogP contribution is -2.50. The third-order valence-electron chi connectivity index (χ3n) is 3.91. The number of nitro groups is 1. The summed E-state index contributed by atoms with van der Waals surface area (Å²) in [7, 11) is 0. The summed E-state index contributed by atoms with van der Waals surface area (Å²) in [6.07, 6.45) is 1.57. The highest BCUT2D eigenvalue weighted by Gasteiger charge is 2.47. The molecule has 1 aliphatic rings. The van der Waals surface area contributed by atoms with Gasteiger partial charge in [0.25, 0.3) is 0 Å². The predicted octanol–water partition coefficient (Wildman–Crippen LogP) is 1.70. The molecule has 0 aromatic carbocycles. The maximum atomic E-state index is 11.6. The van der Waals surface area contributed by atoms with Gasteiger partial charge in [-0.15, -0.1) is 0 Å². The van der Waals surface area contributed by atoms with Crippen molar-refractivity contribution in [3.8, 4) is 6.07 Å². The molecule has 2 rings (SSSR count). The third-order valence-corrected chi connectivity index (χ3v) is 3.91. The maximum absolute atomic E-state index is 11.6. The van der Waals surface area contributed by atoms with Gasteiger partial charge in [0, 0.05) is 12.6 Å². The number of carboxylic acid groups (broad SMARTS) is 1. The van der Waals surface area contributed by atoms with Gasteiger partial charge >= 0.3 is 11.7 Å². The van der Waals surface area contributed by atoms with Crippen molar-refractivity contribution in [2.24, 2.45) is 0 Å². The van der Waals surface area contributed by atoms with Crippen LogP contribution in [0.2, 0.25) is 0 Å². The van der Waals surface area contributed by atoms with Crippen LogP contribution in [0.15, 0.2) is 12.1 Å². The number of pyridine rings is 1. The second kappa shape index (κ2) is 5.36. The summed E-state index contributed by atoms with van der Waals surface area (Å²) in [5, 5.41) is 29.3. The molecule has 0 radical (unpaired) electrons. The Labute approximate surface area is 120 Å². The van der Waals surface area contributed by atoms with E-state index >= 15 is 0 Å².